The predicted octanol–water partition coefficient (Wildman–Crippen LogP) is 1.67. The highest BCUT2D eigenvalue weighted by Crippen LogP contribution is 2.20. The Morgan fingerprint density at radius 2 is 2.04 bits per heavy atom. The van der Waals surface area contributed by atoms with Gasteiger partial charge in [0.1, 0.15) is 11.4 Å². The van der Waals surface area contributed by atoms with Gasteiger partial charge < -0.3 is 15.0 Å². The first-order valence-electron chi connectivity index (χ1n) is 7.57. The Morgan fingerprint density at radius 3 is 2.61 bits per heavy atom. The van der Waals surface area contributed by atoms with E-state index < -0.39 is 0 Å². The van der Waals surface area contributed by atoms with E-state index in [-0.39, 0.29) is 18.6 Å². The molecule has 1 atom stereocenters. The van der Waals surface area contributed by atoms with Crippen molar-refractivity contribution >= 4 is 17.7 Å². The average Bonchev–Trinajstić information content (AvgIpc) is 3.02. The fourth-order valence-electron chi connectivity index (χ4n) is 2.68. The zero-order chi connectivity index (χ0) is 17.0. The summed E-state index contributed by atoms with van der Waals surface area (Å²) in [5.41, 5.74) is 2.64. The van der Waals surface area contributed by atoms with Crippen LogP contribution in [0.3, 0.4) is 0 Å². The van der Waals surface area contributed by atoms with E-state index in [0.29, 0.717) is 12.0 Å². The number of aliphatic hydroxyl groups excluding tert-OH is 1. The van der Waals surface area contributed by atoms with Crippen LogP contribution in [0, 0.1) is 13.8 Å². The van der Waals surface area contributed by atoms with Crippen LogP contribution in [0.5, 0.6) is 0 Å². The molecule has 126 valence electrons. The Hall–Kier alpha value is -1.73. The highest BCUT2D eigenvalue weighted by Gasteiger charge is 2.21. The Labute approximate surface area is 140 Å². The van der Waals surface area contributed by atoms with Gasteiger partial charge in [-0.3, -0.25) is 9.48 Å². The Kier molecular flexibility index (Phi) is 5.90. The van der Waals surface area contributed by atoms with Crippen molar-refractivity contribution in [2.24, 2.45) is 7.05 Å². The van der Waals surface area contributed by atoms with Crippen LogP contribution in [-0.2, 0) is 7.05 Å². The molecule has 0 aliphatic carbocycles. The smallest absolute Gasteiger partial charge is 0.256 e. The van der Waals surface area contributed by atoms with Gasteiger partial charge in [0.05, 0.1) is 6.20 Å². The zero-order valence-corrected chi connectivity index (χ0v) is 14.9. The molecule has 7 heteroatoms. The summed E-state index contributed by atoms with van der Waals surface area (Å²) in [6.07, 6.45) is 4.13. The van der Waals surface area contributed by atoms with Gasteiger partial charge in [-0.2, -0.15) is 16.9 Å². The van der Waals surface area contributed by atoms with E-state index in [1.165, 1.54) is 0 Å². The van der Waals surface area contributed by atoms with Gasteiger partial charge in [0.15, 0.2) is 0 Å². The van der Waals surface area contributed by atoms with Gasteiger partial charge in [-0.15, -0.1) is 0 Å². The molecule has 2 heterocycles. The molecule has 0 aliphatic heterocycles. The van der Waals surface area contributed by atoms with E-state index in [2.05, 4.69) is 10.4 Å². The maximum absolute atomic E-state index is 12.7. The average molecular weight is 336 g/mol. The fourth-order valence-corrected chi connectivity index (χ4v) is 3.33. The molecule has 2 rings (SSSR count). The lowest BCUT2D eigenvalue weighted by Gasteiger charge is -2.17. The number of carbonyl (C=O) groups excluding carboxylic acids is 1. The van der Waals surface area contributed by atoms with Crippen LogP contribution >= 0.6 is 11.8 Å². The molecule has 1 unspecified atom stereocenters. The third-order valence-corrected chi connectivity index (χ3v) is 4.55. The van der Waals surface area contributed by atoms with Crippen LogP contribution in [0.1, 0.15) is 28.2 Å². The Balaban J connectivity index is 2.32. The maximum atomic E-state index is 12.7. The van der Waals surface area contributed by atoms with Gasteiger partial charge in [-0.25, -0.2) is 0 Å². The minimum Gasteiger partial charge on any atom is -0.396 e. The third-order valence-electron chi connectivity index (χ3n) is 3.82. The van der Waals surface area contributed by atoms with Crippen molar-refractivity contribution in [2.75, 3.05) is 18.6 Å². The molecular formula is C16H24N4O2S. The van der Waals surface area contributed by atoms with Crippen molar-refractivity contribution < 1.29 is 9.90 Å². The molecule has 0 saturated heterocycles. The van der Waals surface area contributed by atoms with E-state index in [1.54, 1.807) is 22.6 Å². The first kappa shape index (κ1) is 17.6. The van der Waals surface area contributed by atoms with Crippen LogP contribution in [0.4, 0.5) is 0 Å². The highest BCUT2D eigenvalue weighted by atomic mass is 32.2. The van der Waals surface area contributed by atoms with E-state index >= 15 is 0 Å². The quantitative estimate of drug-likeness (QED) is 0.807. The van der Waals surface area contributed by atoms with Gasteiger partial charge >= 0.3 is 0 Å². The number of aromatic nitrogens is 3. The summed E-state index contributed by atoms with van der Waals surface area (Å²) in [5.74, 6) is 1.37. The topological polar surface area (TPSA) is 72.1 Å². The molecule has 23 heavy (non-hydrogen) atoms. The lowest BCUT2D eigenvalue weighted by Crippen LogP contribution is -2.37. The molecule has 0 spiro atoms. The molecule has 6 nitrogen and oxygen atoms in total. The Bertz CT molecular complexity index is 652. The van der Waals surface area contributed by atoms with Gasteiger partial charge in [0.25, 0.3) is 5.91 Å². The fraction of sp³-hybridized carbons (Fsp3) is 0.500. The number of nitrogens with zero attached hydrogens (tertiary/aromatic N) is 3. The van der Waals surface area contributed by atoms with E-state index in [9.17, 15) is 4.79 Å². The minimum absolute atomic E-state index is 0.0533. The summed E-state index contributed by atoms with van der Waals surface area (Å²) in [5, 5.41) is 16.4. The highest BCUT2D eigenvalue weighted by molar-refractivity contribution is 7.98. The molecule has 0 bridgehead atoms. The number of rotatable bonds is 7. The van der Waals surface area contributed by atoms with Crippen molar-refractivity contribution in [1.29, 1.82) is 0 Å². The molecule has 2 N–H and O–H groups in total. The van der Waals surface area contributed by atoms with Gasteiger partial charge in [0, 0.05) is 36.8 Å². The van der Waals surface area contributed by atoms with Crippen molar-refractivity contribution in [3.8, 4) is 5.82 Å². The molecule has 2 aromatic heterocycles. The molecule has 0 radical (unpaired) electrons. The van der Waals surface area contributed by atoms with Crippen LogP contribution in [-0.4, -0.2) is 50.0 Å². The number of hydrogen-bond acceptors (Lipinski definition) is 4. The summed E-state index contributed by atoms with van der Waals surface area (Å²) >= 11 is 1.65. The molecule has 0 fully saturated rings. The number of hydrogen-bond donors (Lipinski definition) is 2. The molecule has 0 aliphatic rings. The van der Waals surface area contributed by atoms with E-state index in [0.717, 1.165) is 23.0 Å². The zero-order valence-electron chi connectivity index (χ0n) is 14.0. The SMILES string of the molecule is CSCC(CCO)NC(=O)c1cnn(C)c1-n1c(C)ccc1C. The monoisotopic (exact) mass is 336 g/mol. The van der Waals surface area contributed by atoms with Crippen molar-refractivity contribution in [3.63, 3.8) is 0 Å². The molecule has 0 saturated carbocycles. The second-order valence-electron chi connectivity index (χ2n) is 5.59. The first-order valence-corrected chi connectivity index (χ1v) is 8.97. The largest absolute Gasteiger partial charge is 0.396 e. The van der Waals surface area contributed by atoms with Gasteiger partial charge in [-0.1, -0.05) is 0 Å². The second kappa shape index (κ2) is 7.70. The van der Waals surface area contributed by atoms with Gasteiger partial charge in [-0.05, 0) is 38.7 Å². The van der Waals surface area contributed by atoms with Crippen LogP contribution in [0.25, 0.3) is 5.82 Å². The molecule has 2 aromatic rings. The molecule has 1 amide bonds. The van der Waals surface area contributed by atoms with Crippen molar-refractivity contribution in [1.82, 2.24) is 19.7 Å². The molecular weight excluding hydrogens is 312 g/mol. The predicted molar refractivity (Wildman–Crippen MR) is 93.3 cm³/mol. The third kappa shape index (κ3) is 3.79. The summed E-state index contributed by atoms with van der Waals surface area (Å²) in [4.78, 5) is 12.7. The summed E-state index contributed by atoms with van der Waals surface area (Å²) < 4.78 is 3.74. The first-order chi connectivity index (χ1) is 11.0. The van der Waals surface area contributed by atoms with E-state index in [1.807, 2.05) is 43.9 Å². The number of amides is 1. The van der Waals surface area contributed by atoms with Crippen LogP contribution in [0.2, 0.25) is 0 Å². The second-order valence-corrected chi connectivity index (χ2v) is 6.51. The molecule has 0 aromatic carbocycles. The summed E-state index contributed by atoms with van der Waals surface area (Å²) in [6, 6.07) is 3.99. The number of nitrogens with one attached hydrogen (secondary N) is 1. The van der Waals surface area contributed by atoms with Crippen molar-refractivity contribution in [2.45, 2.75) is 26.3 Å². The summed E-state index contributed by atoms with van der Waals surface area (Å²) in [7, 11) is 1.83. The van der Waals surface area contributed by atoms with E-state index in [4.69, 9.17) is 5.11 Å². The number of aryl methyl sites for hydroxylation is 3. The van der Waals surface area contributed by atoms with Gasteiger partial charge in [0.2, 0.25) is 0 Å². The maximum Gasteiger partial charge on any atom is 0.256 e. The minimum atomic E-state index is -0.159. The number of carbonyl (C=O) groups is 1. The summed E-state index contributed by atoms with van der Waals surface area (Å²) in [6.45, 7) is 4.06. The Morgan fingerprint density at radius 1 is 1.39 bits per heavy atom. The van der Waals surface area contributed by atoms with Crippen LogP contribution < -0.4 is 5.32 Å². The van der Waals surface area contributed by atoms with Crippen molar-refractivity contribution in [3.05, 3.63) is 35.3 Å². The number of aliphatic hydroxyl groups is 1. The standard InChI is InChI=1S/C16H24N4O2S/c1-11-5-6-12(2)20(11)16-14(9-17-19(16)3)15(22)18-13(7-8-21)10-23-4/h5-6,9,13,21H,7-8,10H2,1-4H3,(H,18,22). The normalized spacial score (nSPS) is 12.4. The lowest BCUT2D eigenvalue weighted by molar-refractivity contribution is 0.0935. The van der Waals surface area contributed by atoms with Crippen LogP contribution in [0.15, 0.2) is 18.3 Å². The lowest BCUT2D eigenvalue weighted by atomic mass is 10.2. The number of thioether (sulfide) groups is 1.